The van der Waals surface area contributed by atoms with Gasteiger partial charge in [0.25, 0.3) is 0 Å². The van der Waals surface area contributed by atoms with Gasteiger partial charge in [0.2, 0.25) is 0 Å². The van der Waals surface area contributed by atoms with Crippen molar-refractivity contribution in [2.24, 2.45) is 0 Å². The molecule has 72 valence electrons. The fraction of sp³-hybridized carbons (Fsp3) is 0.400. The predicted octanol–water partition coefficient (Wildman–Crippen LogP) is 1.93. The number of nitrogens with two attached hydrogens (primary N) is 1. The molecule has 13 heavy (non-hydrogen) atoms. The van der Waals surface area contributed by atoms with E-state index in [0.29, 0.717) is 5.75 Å². The van der Waals surface area contributed by atoms with Crippen LogP contribution in [0.25, 0.3) is 0 Å². The quantitative estimate of drug-likeness (QED) is 0.749. The van der Waals surface area contributed by atoms with Crippen LogP contribution >= 0.6 is 0 Å². The van der Waals surface area contributed by atoms with Crippen molar-refractivity contribution in [1.82, 2.24) is 0 Å². The fourth-order valence-electron chi connectivity index (χ4n) is 1.10. The molecular weight excluding hydrogens is 182 g/mol. The Morgan fingerprint density at radius 1 is 1.31 bits per heavy atom. The Morgan fingerprint density at radius 3 is 2.46 bits per heavy atom. The summed E-state index contributed by atoms with van der Waals surface area (Å²) in [4.78, 5) is 0. The molecule has 3 heteroatoms. The highest BCUT2D eigenvalue weighted by Gasteiger charge is 1.99. The van der Waals surface area contributed by atoms with Crippen molar-refractivity contribution in [3.8, 4) is 0 Å². The van der Waals surface area contributed by atoms with Crippen LogP contribution in [-0.2, 0) is 16.6 Å². The highest BCUT2D eigenvalue weighted by atomic mass is 32.2. The maximum Gasteiger partial charge on any atom is 0.0485 e. The normalized spacial score (nSPS) is 12.7. The molecule has 0 aromatic heterocycles. The van der Waals surface area contributed by atoms with Crippen molar-refractivity contribution in [2.45, 2.75) is 19.1 Å². The summed E-state index contributed by atoms with van der Waals surface area (Å²) < 4.78 is 11.4. The van der Waals surface area contributed by atoms with Gasteiger partial charge < -0.3 is 5.73 Å². The van der Waals surface area contributed by atoms with Crippen LogP contribution in [0.5, 0.6) is 0 Å². The van der Waals surface area contributed by atoms with Crippen molar-refractivity contribution < 1.29 is 4.21 Å². The zero-order chi connectivity index (χ0) is 9.68. The van der Waals surface area contributed by atoms with Crippen LogP contribution in [0, 0.1) is 0 Å². The van der Waals surface area contributed by atoms with E-state index in [9.17, 15) is 4.21 Å². The summed E-state index contributed by atoms with van der Waals surface area (Å²) in [6.07, 6.45) is 0.974. The topological polar surface area (TPSA) is 43.1 Å². The van der Waals surface area contributed by atoms with Gasteiger partial charge in [-0.1, -0.05) is 19.1 Å². The molecule has 0 saturated carbocycles. The molecule has 2 N–H and O–H groups in total. The maximum atomic E-state index is 11.4. The van der Waals surface area contributed by atoms with Crippen molar-refractivity contribution in [3.63, 3.8) is 0 Å². The van der Waals surface area contributed by atoms with Gasteiger partial charge in [-0.05, 0) is 24.1 Å². The van der Waals surface area contributed by atoms with Gasteiger partial charge in [0, 0.05) is 28.0 Å². The van der Waals surface area contributed by atoms with E-state index in [1.165, 1.54) is 0 Å². The Balaban J connectivity index is 2.54. The fourth-order valence-corrected chi connectivity index (χ4v) is 2.26. The molecule has 1 aromatic rings. The van der Waals surface area contributed by atoms with Gasteiger partial charge in [-0.3, -0.25) is 4.21 Å². The first-order valence-electron chi connectivity index (χ1n) is 4.41. The molecule has 0 fully saturated rings. The first-order valence-corrected chi connectivity index (χ1v) is 5.90. The third-order valence-electron chi connectivity index (χ3n) is 1.74. The lowest BCUT2D eigenvalue weighted by molar-refractivity contribution is 0.681. The summed E-state index contributed by atoms with van der Waals surface area (Å²) in [5.74, 6) is 1.43. The Morgan fingerprint density at radius 2 is 1.92 bits per heavy atom. The second-order valence-electron chi connectivity index (χ2n) is 3.03. The van der Waals surface area contributed by atoms with E-state index in [-0.39, 0.29) is 0 Å². The van der Waals surface area contributed by atoms with Crippen LogP contribution in [0.2, 0.25) is 0 Å². The minimum Gasteiger partial charge on any atom is -0.399 e. The van der Waals surface area contributed by atoms with E-state index in [1.54, 1.807) is 0 Å². The average molecular weight is 197 g/mol. The number of nitrogen functional groups attached to an aromatic ring is 1. The summed E-state index contributed by atoms with van der Waals surface area (Å²) in [6, 6.07) is 7.56. The minimum atomic E-state index is -0.718. The predicted molar refractivity (Wildman–Crippen MR) is 57.9 cm³/mol. The van der Waals surface area contributed by atoms with Crippen LogP contribution in [0.4, 0.5) is 5.69 Å². The maximum absolute atomic E-state index is 11.4. The highest BCUT2D eigenvalue weighted by Crippen LogP contribution is 2.08. The van der Waals surface area contributed by atoms with Gasteiger partial charge in [0.15, 0.2) is 0 Å². The average Bonchev–Trinajstić information content (AvgIpc) is 2.09. The van der Waals surface area contributed by atoms with E-state index in [1.807, 2.05) is 31.2 Å². The summed E-state index contributed by atoms with van der Waals surface area (Å²) in [5.41, 5.74) is 7.39. The molecule has 2 nitrogen and oxygen atoms in total. The number of hydrogen-bond acceptors (Lipinski definition) is 2. The smallest absolute Gasteiger partial charge is 0.0485 e. The number of anilines is 1. The lowest BCUT2D eigenvalue weighted by Gasteiger charge is -2.01. The Labute approximate surface area is 81.6 Å². The summed E-state index contributed by atoms with van der Waals surface area (Å²) in [5, 5.41) is 0. The molecule has 1 atom stereocenters. The third kappa shape index (κ3) is 3.59. The summed E-state index contributed by atoms with van der Waals surface area (Å²) >= 11 is 0. The highest BCUT2D eigenvalue weighted by molar-refractivity contribution is 7.84. The Kier molecular flexibility index (Phi) is 3.96. The first kappa shape index (κ1) is 10.3. The van der Waals surface area contributed by atoms with E-state index < -0.39 is 10.8 Å². The van der Waals surface area contributed by atoms with Crippen LogP contribution < -0.4 is 5.73 Å². The van der Waals surface area contributed by atoms with Gasteiger partial charge in [-0.25, -0.2) is 0 Å². The van der Waals surface area contributed by atoms with Crippen LogP contribution in [0.3, 0.4) is 0 Å². The standard InChI is InChI=1S/C10H15NOS/c1-2-7-13(12)8-9-3-5-10(11)6-4-9/h3-6H,2,7-8,11H2,1H3. The first-order chi connectivity index (χ1) is 6.22. The van der Waals surface area contributed by atoms with Crippen molar-refractivity contribution >= 4 is 16.5 Å². The van der Waals surface area contributed by atoms with Gasteiger partial charge >= 0.3 is 0 Å². The SMILES string of the molecule is CCCS(=O)Cc1ccc(N)cc1. The molecule has 0 amide bonds. The minimum absolute atomic E-state index is 0.647. The summed E-state index contributed by atoms with van der Waals surface area (Å²) in [6.45, 7) is 2.04. The molecule has 1 aromatic carbocycles. The van der Waals surface area contributed by atoms with Gasteiger partial charge in [-0.15, -0.1) is 0 Å². The lowest BCUT2D eigenvalue weighted by atomic mass is 10.2. The Bertz CT molecular complexity index is 281. The number of rotatable bonds is 4. The van der Waals surface area contributed by atoms with Crippen LogP contribution in [0.15, 0.2) is 24.3 Å². The van der Waals surface area contributed by atoms with Crippen LogP contribution in [0.1, 0.15) is 18.9 Å². The zero-order valence-corrected chi connectivity index (χ0v) is 8.64. The lowest BCUT2D eigenvalue weighted by Crippen LogP contribution is -1.99. The van der Waals surface area contributed by atoms with E-state index in [2.05, 4.69) is 0 Å². The molecule has 0 aliphatic heterocycles. The largest absolute Gasteiger partial charge is 0.399 e. The Hall–Kier alpha value is -0.830. The molecule has 0 bridgehead atoms. The van der Waals surface area contributed by atoms with Crippen LogP contribution in [-0.4, -0.2) is 9.96 Å². The van der Waals surface area contributed by atoms with E-state index >= 15 is 0 Å². The zero-order valence-electron chi connectivity index (χ0n) is 7.82. The summed E-state index contributed by atoms with van der Waals surface area (Å²) in [7, 11) is -0.718. The van der Waals surface area contributed by atoms with Gasteiger partial charge in [0.1, 0.15) is 0 Å². The second kappa shape index (κ2) is 5.02. The van der Waals surface area contributed by atoms with Crippen molar-refractivity contribution in [2.75, 3.05) is 11.5 Å². The second-order valence-corrected chi connectivity index (χ2v) is 4.61. The third-order valence-corrected chi connectivity index (χ3v) is 3.26. The molecular formula is C10H15NOS. The molecule has 0 heterocycles. The molecule has 1 rings (SSSR count). The number of benzene rings is 1. The van der Waals surface area contributed by atoms with Crippen molar-refractivity contribution in [3.05, 3.63) is 29.8 Å². The monoisotopic (exact) mass is 197 g/mol. The van der Waals surface area contributed by atoms with E-state index in [0.717, 1.165) is 23.4 Å². The number of hydrogen-bond donors (Lipinski definition) is 1. The molecule has 0 aliphatic carbocycles. The van der Waals surface area contributed by atoms with Crippen molar-refractivity contribution in [1.29, 1.82) is 0 Å². The molecule has 0 aliphatic rings. The molecule has 0 spiro atoms. The molecule has 0 radical (unpaired) electrons. The molecule has 0 saturated heterocycles. The van der Waals surface area contributed by atoms with Gasteiger partial charge in [-0.2, -0.15) is 0 Å². The van der Waals surface area contributed by atoms with E-state index in [4.69, 9.17) is 5.73 Å². The molecule has 1 unspecified atom stereocenters. The van der Waals surface area contributed by atoms with Gasteiger partial charge in [0.05, 0.1) is 0 Å².